The summed E-state index contributed by atoms with van der Waals surface area (Å²) in [5.74, 6) is 1.07. The second-order valence-electron chi connectivity index (χ2n) is 8.30. The summed E-state index contributed by atoms with van der Waals surface area (Å²) in [6.07, 6.45) is 5.91. The smallest absolute Gasteiger partial charge is 0.230 e. The summed E-state index contributed by atoms with van der Waals surface area (Å²) in [5.41, 5.74) is 2.03. The van der Waals surface area contributed by atoms with Gasteiger partial charge in [-0.1, -0.05) is 60.4 Å². The van der Waals surface area contributed by atoms with Crippen LogP contribution in [0.3, 0.4) is 0 Å². The van der Waals surface area contributed by atoms with Crippen LogP contribution in [0.25, 0.3) is 10.3 Å². The molecule has 0 radical (unpaired) electrons. The van der Waals surface area contributed by atoms with Crippen LogP contribution < -0.4 is 10.2 Å². The van der Waals surface area contributed by atoms with E-state index in [-0.39, 0.29) is 11.9 Å². The number of anilines is 1. The minimum atomic E-state index is 0.0342. The van der Waals surface area contributed by atoms with Crippen LogP contribution in [-0.2, 0) is 11.2 Å². The summed E-state index contributed by atoms with van der Waals surface area (Å²) >= 11 is 3.10. The largest absolute Gasteiger partial charge is 0.353 e. The van der Waals surface area contributed by atoms with Gasteiger partial charge in [-0.2, -0.15) is 4.98 Å². The standard InChI is InChI=1S/C23H29N5OS2/c1-16-7-6-12-28(13-16)23-27-21-20(31-23)22(25-15-24-21)30-14-19(29)26-17(2)10-11-18-8-4-3-5-9-18/h3-5,8-9,15-17H,6-7,10-14H2,1-2H3,(H,26,29). The van der Waals surface area contributed by atoms with Gasteiger partial charge in [0.15, 0.2) is 10.8 Å². The molecule has 2 atom stereocenters. The van der Waals surface area contributed by atoms with Crippen LogP contribution in [0.4, 0.5) is 5.13 Å². The van der Waals surface area contributed by atoms with Gasteiger partial charge in [-0.15, -0.1) is 0 Å². The number of thioether (sulfide) groups is 1. The van der Waals surface area contributed by atoms with Crippen LogP contribution in [0.1, 0.15) is 38.7 Å². The van der Waals surface area contributed by atoms with E-state index in [1.165, 1.54) is 30.2 Å². The summed E-state index contributed by atoms with van der Waals surface area (Å²) in [7, 11) is 0. The lowest BCUT2D eigenvalue weighted by Gasteiger charge is -2.30. The van der Waals surface area contributed by atoms with Crippen molar-refractivity contribution in [1.29, 1.82) is 0 Å². The Bertz CT molecular complexity index is 1010. The van der Waals surface area contributed by atoms with Gasteiger partial charge in [0.2, 0.25) is 5.91 Å². The lowest BCUT2D eigenvalue weighted by atomic mass is 10.0. The third-order valence-corrected chi connectivity index (χ3v) is 7.76. The van der Waals surface area contributed by atoms with Gasteiger partial charge in [0.05, 0.1) is 5.75 Å². The number of rotatable bonds is 8. The molecule has 6 nitrogen and oxygen atoms in total. The zero-order valence-corrected chi connectivity index (χ0v) is 19.7. The Morgan fingerprint density at radius 3 is 2.97 bits per heavy atom. The van der Waals surface area contributed by atoms with Crippen molar-refractivity contribution in [3.8, 4) is 0 Å². The van der Waals surface area contributed by atoms with E-state index in [9.17, 15) is 4.79 Å². The molecule has 1 aliphatic rings. The highest BCUT2D eigenvalue weighted by Gasteiger charge is 2.21. The maximum absolute atomic E-state index is 12.5. The average Bonchev–Trinajstić information content (AvgIpc) is 3.22. The molecule has 31 heavy (non-hydrogen) atoms. The van der Waals surface area contributed by atoms with Crippen LogP contribution in [0.5, 0.6) is 0 Å². The number of hydrogen-bond acceptors (Lipinski definition) is 7. The Balaban J connectivity index is 1.32. The van der Waals surface area contributed by atoms with E-state index in [0.717, 1.165) is 46.4 Å². The quantitative estimate of drug-likeness (QED) is 0.397. The Labute approximate surface area is 191 Å². The third kappa shape index (κ3) is 5.95. The number of thiazole rings is 1. The Morgan fingerprint density at radius 2 is 2.16 bits per heavy atom. The molecule has 8 heteroatoms. The Hall–Kier alpha value is -2.19. The van der Waals surface area contributed by atoms with Gasteiger partial charge in [-0.25, -0.2) is 9.97 Å². The van der Waals surface area contributed by atoms with Crippen molar-refractivity contribution >= 4 is 44.5 Å². The number of aryl methyl sites for hydroxylation is 1. The summed E-state index contributed by atoms with van der Waals surface area (Å²) in [4.78, 5) is 28.3. The van der Waals surface area contributed by atoms with Crippen molar-refractivity contribution in [3.63, 3.8) is 0 Å². The van der Waals surface area contributed by atoms with Crippen LogP contribution >= 0.6 is 23.1 Å². The third-order valence-electron chi connectivity index (χ3n) is 5.53. The topological polar surface area (TPSA) is 71.0 Å². The number of benzene rings is 1. The fraction of sp³-hybridized carbons (Fsp3) is 0.478. The Morgan fingerprint density at radius 1 is 1.32 bits per heavy atom. The summed E-state index contributed by atoms with van der Waals surface area (Å²) < 4.78 is 0.977. The first kappa shape index (κ1) is 22.0. The second kappa shape index (κ2) is 10.4. The average molecular weight is 456 g/mol. The summed E-state index contributed by atoms with van der Waals surface area (Å²) in [6, 6.07) is 10.5. The molecule has 1 amide bonds. The molecule has 1 aliphatic heterocycles. The normalized spacial score (nSPS) is 17.6. The van der Waals surface area contributed by atoms with E-state index in [1.54, 1.807) is 17.7 Å². The SMILES string of the molecule is CC1CCCN(c2nc3ncnc(SCC(=O)NC(C)CCc4ccccc4)c3s2)C1. The molecule has 0 spiro atoms. The minimum absolute atomic E-state index is 0.0342. The lowest BCUT2D eigenvalue weighted by molar-refractivity contribution is -0.119. The zero-order valence-electron chi connectivity index (χ0n) is 18.1. The number of hydrogen-bond donors (Lipinski definition) is 1. The molecule has 4 rings (SSSR count). The van der Waals surface area contributed by atoms with Crippen molar-refractivity contribution in [2.75, 3.05) is 23.7 Å². The van der Waals surface area contributed by atoms with Gasteiger partial charge in [0.1, 0.15) is 16.1 Å². The molecule has 1 saturated heterocycles. The van der Waals surface area contributed by atoms with E-state index in [4.69, 9.17) is 4.98 Å². The van der Waals surface area contributed by atoms with Crippen LogP contribution in [0.2, 0.25) is 0 Å². The molecule has 3 aromatic rings. The number of nitrogens with zero attached hydrogens (tertiary/aromatic N) is 4. The van der Waals surface area contributed by atoms with Gasteiger partial charge >= 0.3 is 0 Å². The van der Waals surface area contributed by atoms with E-state index < -0.39 is 0 Å². The zero-order chi connectivity index (χ0) is 21.6. The van der Waals surface area contributed by atoms with Crippen LogP contribution in [0, 0.1) is 5.92 Å². The molecule has 3 heterocycles. The maximum atomic E-state index is 12.5. The van der Waals surface area contributed by atoms with Gasteiger partial charge in [-0.3, -0.25) is 4.79 Å². The molecule has 2 unspecified atom stereocenters. The van der Waals surface area contributed by atoms with Crippen molar-refractivity contribution in [3.05, 3.63) is 42.2 Å². The molecule has 0 saturated carbocycles. The minimum Gasteiger partial charge on any atom is -0.353 e. The number of carbonyl (C=O) groups excluding carboxylic acids is 1. The molecular formula is C23H29N5OS2. The van der Waals surface area contributed by atoms with Gasteiger partial charge < -0.3 is 10.2 Å². The molecule has 1 fully saturated rings. The predicted molar refractivity (Wildman–Crippen MR) is 129 cm³/mol. The van der Waals surface area contributed by atoms with Crippen LogP contribution in [-0.4, -0.2) is 45.7 Å². The van der Waals surface area contributed by atoms with Gasteiger partial charge in [0, 0.05) is 19.1 Å². The maximum Gasteiger partial charge on any atom is 0.230 e. The van der Waals surface area contributed by atoms with Crippen molar-refractivity contribution in [2.24, 2.45) is 5.92 Å². The second-order valence-corrected chi connectivity index (χ2v) is 10.2. The van der Waals surface area contributed by atoms with Crippen molar-refractivity contribution in [2.45, 2.75) is 50.6 Å². The number of piperidine rings is 1. The molecular weight excluding hydrogens is 426 g/mol. The number of nitrogens with one attached hydrogen (secondary N) is 1. The van der Waals surface area contributed by atoms with Crippen molar-refractivity contribution in [1.82, 2.24) is 20.3 Å². The van der Waals surface area contributed by atoms with E-state index in [1.807, 2.05) is 18.2 Å². The number of aromatic nitrogens is 3. The highest BCUT2D eigenvalue weighted by atomic mass is 32.2. The van der Waals surface area contributed by atoms with Crippen molar-refractivity contribution < 1.29 is 4.79 Å². The summed E-state index contributed by atoms with van der Waals surface area (Å²) in [6.45, 7) is 6.44. The van der Waals surface area contributed by atoms with Gasteiger partial charge in [-0.05, 0) is 44.1 Å². The lowest BCUT2D eigenvalue weighted by Crippen LogP contribution is -2.34. The molecule has 0 aliphatic carbocycles. The fourth-order valence-corrected chi connectivity index (χ4v) is 5.81. The molecule has 0 bridgehead atoms. The molecule has 164 valence electrons. The van der Waals surface area contributed by atoms with Crippen LogP contribution in [0.15, 0.2) is 41.7 Å². The number of carbonyl (C=O) groups is 1. The highest BCUT2D eigenvalue weighted by molar-refractivity contribution is 8.00. The number of fused-ring (bicyclic) bond motifs is 1. The van der Waals surface area contributed by atoms with Gasteiger partial charge in [0.25, 0.3) is 0 Å². The monoisotopic (exact) mass is 455 g/mol. The number of amides is 1. The van der Waals surface area contributed by atoms with E-state index in [0.29, 0.717) is 11.7 Å². The Kier molecular flexibility index (Phi) is 7.40. The first-order valence-corrected chi connectivity index (χ1v) is 12.7. The fourth-order valence-electron chi connectivity index (χ4n) is 3.87. The molecule has 2 aromatic heterocycles. The predicted octanol–water partition coefficient (Wildman–Crippen LogP) is 4.55. The molecule has 1 aromatic carbocycles. The first-order valence-electron chi connectivity index (χ1n) is 10.9. The first-order chi connectivity index (χ1) is 15.1. The summed E-state index contributed by atoms with van der Waals surface area (Å²) in [5, 5.41) is 4.96. The van der Waals surface area contributed by atoms with E-state index >= 15 is 0 Å². The molecule has 1 N–H and O–H groups in total. The highest BCUT2D eigenvalue weighted by Crippen LogP contribution is 2.35. The van der Waals surface area contributed by atoms with E-state index in [2.05, 4.69) is 46.2 Å².